The fraction of sp³-hybridized carbons (Fsp3) is 0.0833. The van der Waals surface area contributed by atoms with E-state index in [1.165, 1.54) is 0 Å². The molecule has 0 aliphatic heterocycles. The van der Waals surface area contributed by atoms with E-state index in [9.17, 15) is 0 Å². The minimum Gasteiger partial charge on any atom is -0.351 e. The molecule has 0 saturated carbocycles. The number of hydrogen-bond donors (Lipinski definition) is 1. The number of hydrogen-bond acceptors (Lipinski definition) is 5. The quantitative estimate of drug-likeness (QED) is 0.688. The molecule has 0 fully saturated rings. The van der Waals surface area contributed by atoms with Gasteiger partial charge in [-0.25, -0.2) is 4.98 Å². The smallest absolute Gasteiger partial charge is 0.319 e. The van der Waals surface area contributed by atoms with E-state index in [2.05, 4.69) is 15.1 Å². The number of rotatable bonds is 1. The SMILES string of the molecule is Cc1cc(-c2noc(N)n2)nc2ccccc12. The number of anilines is 1. The zero-order chi connectivity index (χ0) is 11.8. The number of fused-ring (bicyclic) bond motifs is 1. The zero-order valence-corrected chi connectivity index (χ0v) is 9.21. The molecule has 2 N–H and O–H groups in total. The number of nitrogens with two attached hydrogens (primary N) is 1. The number of aromatic nitrogens is 3. The molecule has 0 amide bonds. The summed E-state index contributed by atoms with van der Waals surface area (Å²) in [6, 6.07) is 9.90. The molecule has 0 unspecified atom stereocenters. The Hall–Kier alpha value is -2.43. The predicted octanol–water partition coefficient (Wildman–Crippen LogP) is 2.18. The first-order chi connectivity index (χ1) is 8.24. The third-order valence-electron chi connectivity index (χ3n) is 2.59. The molecule has 2 aromatic heterocycles. The first-order valence-corrected chi connectivity index (χ1v) is 5.20. The average Bonchev–Trinajstić information content (AvgIpc) is 2.76. The second-order valence-corrected chi connectivity index (χ2v) is 3.80. The van der Waals surface area contributed by atoms with Crippen molar-refractivity contribution < 1.29 is 4.52 Å². The summed E-state index contributed by atoms with van der Waals surface area (Å²) in [5.41, 5.74) is 8.09. The zero-order valence-electron chi connectivity index (χ0n) is 9.21. The highest BCUT2D eigenvalue weighted by molar-refractivity contribution is 5.84. The lowest BCUT2D eigenvalue weighted by Crippen LogP contribution is -1.90. The maximum Gasteiger partial charge on any atom is 0.319 e. The first kappa shape index (κ1) is 9.77. The standard InChI is InChI=1S/C12H10N4O/c1-7-6-10(11-15-12(13)17-16-11)14-9-5-3-2-4-8(7)9/h2-6H,1H3,(H2,13,15,16). The Balaban J connectivity index is 2.25. The molecule has 0 spiro atoms. The normalized spacial score (nSPS) is 10.9. The van der Waals surface area contributed by atoms with E-state index in [0.717, 1.165) is 16.5 Å². The van der Waals surface area contributed by atoms with Crippen LogP contribution in [0.15, 0.2) is 34.9 Å². The Bertz CT molecular complexity index is 690. The average molecular weight is 226 g/mol. The summed E-state index contributed by atoms with van der Waals surface area (Å²) in [6.45, 7) is 2.02. The summed E-state index contributed by atoms with van der Waals surface area (Å²) in [7, 11) is 0. The van der Waals surface area contributed by atoms with E-state index in [-0.39, 0.29) is 6.01 Å². The molecule has 0 aliphatic carbocycles. The van der Waals surface area contributed by atoms with Gasteiger partial charge in [-0.2, -0.15) is 4.98 Å². The lowest BCUT2D eigenvalue weighted by atomic mass is 10.1. The molecule has 84 valence electrons. The fourth-order valence-electron chi connectivity index (χ4n) is 1.80. The van der Waals surface area contributed by atoms with Gasteiger partial charge in [-0.1, -0.05) is 23.4 Å². The Morgan fingerprint density at radius 3 is 2.76 bits per heavy atom. The highest BCUT2D eigenvalue weighted by atomic mass is 16.5. The van der Waals surface area contributed by atoms with Gasteiger partial charge < -0.3 is 10.3 Å². The van der Waals surface area contributed by atoms with Crippen molar-refractivity contribution in [1.82, 2.24) is 15.1 Å². The lowest BCUT2D eigenvalue weighted by Gasteiger charge is -2.02. The molecular weight excluding hydrogens is 216 g/mol. The molecule has 0 atom stereocenters. The minimum absolute atomic E-state index is 0.0487. The van der Waals surface area contributed by atoms with Crippen LogP contribution in [-0.2, 0) is 0 Å². The summed E-state index contributed by atoms with van der Waals surface area (Å²) in [5, 5.41) is 4.88. The van der Waals surface area contributed by atoms with Gasteiger partial charge in [0.2, 0.25) is 5.82 Å². The van der Waals surface area contributed by atoms with Gasteiger partial charge in [0, 0.05) is 5.39 Å². The van der Waals surface area contributed by atoms with Crippen molar-refractivity contribution in [1.29, 1.82) is 0 Å². The topological polar surface area (TPSA) is 77.8 Å². The molecule has 17 heavy (non-hydrogen) atoms. The monoisotopic (exact) mass is 226 g/mol. The van der Waals surface area contributed by atoms with Gasteiger partial charge in [0.25, 0.3) is 0 Å². The summed E-state index contributed by atoms with van der Waals surface area (Å²) in [5.74, 6) is 0.413. The van der Waals surface area contributed by atoms with Gasteiger partial charge in [0.05, 0.1) is 5.52 Å². The van der Waals surface area contributed by atoms with Gasteiger partial charge in [-0.05, 0) is 24.6 Å². The summed E-state index contributed by atoms with van der Waals surface area (Å²) in [6.07, 6.45) is 0. The second kappa shape index (κ2) is 3.55. The van der Waals surface area contributed by atoms with Crippen LogP contribution < -0.4 is 5.73 Å². The molecule has 0 radical (unpaired) electrons. The maximum absolute atomic E-state index is 5.40. The van der Waals surface area contributed by atoms with Crippen LogP contribution in [0.3, 0.4) is 0 Å². The molecule has 2 heterocycles. The Kier molecular flexibility index (Phi) is 2.04. The molecule has 5 heteroatoms. The molecule has 3 aromatic rings. The Labute approximate surface area is 97.3 Å². The number of pyridine rings is 1. The number of para-hydroxylation sites is 1. The molecule has 5 nitrogen and oxygen atoms in total. The summed E-state index contributed by atoms with van der Waals surface area (Å²) < 4.78 is 4.75. The van der Waals surface area contributed by atoms with E-state index in [0.29, 0.717) is 11.5 Å². The molecule has 0 bridgehead atoms. The van der Waals surface area contributed by atoms with Crippen molar-refractivity contribution in [2.75, 3.05) is 5.73 Å². The van der Waals surface area contributed by atoms with E-state index in [1.54, 1.807) is 0 Å². The highest BCUT2D eigenvalue weighted by Crippen LogP contribution is 2.22. The molecule has 1 aromatic carbocycles. The largest absolute Gasteiger partial charge is 0.351 e. The molecule has 0 aliphatic rings. The van der Waals surface area contributed by atoms with E-state index < -0.39 is 0 Å². The number of nitrogens with zero attached hydrogens (tertiary/aromatic N) is 3. The summed E-state index contributed by atoms with van der Waals surface area (Å²) >= 11 is 0. The van der Waals surface area contributed by atoms with Crippen LogP contribution in [0.4, 0.5) is 6.01 Å². The third-order valence-corrected chi connectivity index (χ3v) is 2.59. The van der Waals surface area contributed by atoms with Crippen LogP contribution in [0.2, 0.25) is 0 Å². The van der Waals surface area contributed by atoms with Gasteiger partial charge in [0.15, 0.2) is 0 Å². The lowest BCUT2D eigenvalue weighted by molar-refractivity contribution is 0.436. The van der Waals surface area contributed by atoms with Crippen molar-refractivity contribution in [2.24, 2.45) is 0 Å². The molecule has 0 saturated heterocycles. The number of aryl methyl sites for hydroxylation is 1. The van der Waals surface area contributed by atoms with Crippen molar-refractivity contribution in [3.63, 3.8) is 0 Å². The van der Waals surface area contributed by atoms with E-state index in [1.807, 2.05) is 37.3 Å². The van der Waals surface area contributed by atoms with Crippen molar-refractivity contribution >= 4 is 16.9 Å². The predicted molar refractivity (Wildman–Crippen MR) is 64.2 cm³/mol. The van der Waals surface area contributed by atoms with Crippen molar-refractivity contribution in [2.45, 2.75) is 6.92 Å². The molecular formula is C12H10N4O. The number of benzene rings is 1. The highest BCUT2D eigenvalue weighted by Gasteiger charge is 2.09. The van der Waals surface area contributed by atoms with Crippen LogP contribution in [0.25, 0.3) is 22.4 Å². The van der Waals surface area contributed by atoms with Crippen LogP contribution in [0, 0.1) is 6.92 Å². The fourth-order valence-corrected chi connectivity index (χ4v) is 1.80. The first-order valence-electron chi connectivity index (χ1n) is 5.20. The van der Waals surface area contributed by atoms with Crippen LogP contribution in [-0.4, -0.2) is 15.1 Å². The van der Waals surface area contributed by atoms with Gasteiger partial charge in [-0.3, -0.25) is 0 Å². The molecule has 3 rings (SSSR count). The van der Waals surface area contributed by atoms with Crippen LogP contribution in [0.5, 0.6) is 0 Å². The second-order valence-electron chi connectivity index (χ2n) is 3.80. The van der Waals surface area contributed by atoms with E-state index in [4.69, 9.17) is 10.3 Å². The van der Waals surface area contributed by atoms with Gasteiger partial charge in [-0.15, -0.1) is 0 Å². The van der Waals surface area contributed by atoms with E-state index >= 15 is 0 Å². The Morgan fingerprint density at radius 2 is 2.00 bits per heavy atom. The van der Waals surface area contributed by atoms with Gasteiger partial charge >= 0.3 is 6.01 Å². The van der Waals surface area contributed by atoms with Crippen molar-refractivity contribution in [3.8, 4) is 11.5 Å². The van der Waals surface area contributed by atoms with Crippen LogP contribution >= 0.6 is 0 Å². The number of nitrogen functional groups attached to an aromatic ring is 1. The third kappa shape index (κ3) is 1.61. The van der Waals surface area contributed by atoms with Gasteiger partial charge in [0.1, 0.15) is 5.69 Å². The van der Waals surface area contributed by atoms with Crippen molar-refractivity contribution in [3.05, 3.63) is 35.9 Å². The minimum atomic E-state index is 0.0487. The maximum atomic E-state index is 5.40. The summed E-state index contributed by atoms with van der Waals surface area (Å²) in [4.78, 5) is 8.45. The Morgan fingerprint density at radius 1 is 1.18 bits per heavy atom. The van der Waals surface area contributed by atoms with Crippen LogP contribution in [0.1, 0.15) is 5.56 Å².